The van der Waals surface area contributed by atoms with Gasteiger partial charge in [-0.1, -0.05) is 46.6 Å². The Morgan fingerprint density at radius 3 is 2.36 bits per heavy atom. The van der Waals surface area contributed by atoms with Gasteiger partial charge in [-0.25, -0.2) is 9.78 Å². The van der Waals surface area contributed by atoms with Crippen LogP contribution in [0.25, 0.3) is 0 Å². The number of rotatable bonds is 13. The first-order chi connectivity index (χ1) is 13.0. The molecule has 0 saturated carbocycles. The Morgan fingerprint density at radius 2 is 1.86 bits per heavy atom. The van der Waals surface area contributed by atoms with Crippen LogP contribution < -0.4 is 0 Å². The Hall–Kier alpha value is -0.789. The fourth-order valence-electron chi connectivity index (χ4n) is 2.74. The van der Waals surface area contributed by atoms with Crippen molar-refractivity contribution in [1.82, 2.24) is 9.55 Å². The first-order valence-electron chi connectivity index (χ1n) is 9.99. The lowest BCUT2D eigenvalue weighted by molar-refractivity contribution is -0.0796. The lowest BCUT2D eigenvalue weighted by atomic mass is 9.88. The van der Waals surface area contributed by atoms with E-state index in [1.54, 1.807) is 6.20 Å². The number of esters is 1. The van der Waals surface area contributed by atoms with Crippen LogP contribution in [0.5, 0.6) is 0 Å². The monoisotopic (exact) mass is 446 g/mol. The van der Waals surface area contributed by atoms with Gasteiger partial charge in [-0.05, 0) is 6.04 Å². The van der Waals surface area contributed by atoms with Crippen molar-refractivity contribution in [3.8, 4) is 0 Å². The highest BCUT2D eigenvalue weighted by molar-refractivity contribution is 6.76. The molecule has 0 aliphatic heterocycles. The van der Waals surface area contributed by atoms with Crippen molar-refractivity contribution < 1.29 is 23.1 Å². The van der Waals surface area contributed by atoms with Gasteiger partial charge in [0.1, 0.15) is 18.8 Å². The molecule has 1 aromatic heterocycles. The highest BCUT2D eigenvalue weighted by Gasteiger charge is 2.33. The van der Waals surface area contributed by atoms with E-state index < -0.39 is 33.6 Å². The van der Waals surface area contributed by atoms with Gasteiger partial charge < -0.3 is 22.9 Å². The average molecular weight is 447 g/mol. The van der Waals surface area contributed by atoms with Crippen molar-refractivity contribution in [2.24, 2.45) is 5.41 Å². The van der Waals surface area contributed by atoms with Crippen LogP contribution in [0.4, 0.5) is 0 Å². The lowest BCUT2D eigenvalue weighted by Gasteiger charge is -2.34. The van der Waals surface area contributed by atoms with Crippen LogP contribution in [0.2, 0.25) is 38.8 Å². The van der Waals surface area contributed by atoms with E-state index in [-0.39, 0.29) is 11.7 Å². The number of imidazole rings is 1. The summed E-state index contributed by atoms with van der Waals surface area (Å²) in [5.74, 6) is 0.344. The topological polar surface area (TPSA) is 71.8 Å². The number of nitrogens with zero attached hydrogens (tertiary/aromatic N) is 2. The number of hydrogen-bond acceptors (Lipinski definition) is 6. The predicted molar refractivity (Wildman–Crippen MR) is 120 cm³/mol. The second-order valence-corrected chi connectivity index (χ2v) is 16.2. The van der Waals surface area contributed by atoms with E-state index in [0.29, 0.717) is 25.5 Å². The Balaban J connectivity index is 2.97. The highest BCUT2D eigenvalue weighted by Crippen LogP contribution is 2.29. The normalized spacial score (nSPS) is 14.4. The molecule has 1 rings (SSSR count). The zero-order chi connectivity index (χ0) is 21.4. The minimum atomic E-state index is -1.15. The quantitative estimate of drug-likeness (QED) is 0.200. The highest BCUT2D eigenvalue weighted by atomic mass is 28.3. The number of ether oxygens (including phenoxy) is 2. The van der Waals surface area contributed by atoms with E-state index in [4.69, 9.17) is 18.3 Å². The number of carbonyl (C=O) groups excluding carboxylic acids is 1. The van der Waals surface area contributed by atoms with Crippen LogP contribution in [0.3, 0.4) is 0 Å². The summed E-state index contributed by atoms with van der Waals surface area (Å²) < 4.78 is 24.6. The van der Waals surface area contributed by atoms with E-state index >= 15 is 0 Å². The molecule has 0 atom stereocenters. The number of aromatic nitrogens is 2. The third kappa shape index (κ3) is 8.29. The molecule has 0 radical (unpaired) electrons. The maximum Gasteiger partial charge on any atom is 0.358 e. The molecule has 0 saturated heterocycles. The molecule has 28 heavy (non-hydrogen) atoms. The zero-order valence-corrected chi connectivity index (χ0v) is 22.7. The van der Waals surface area contributed by atoms with E-state index in [9.17, 15) is 4.79 Å². The largest absolute Gasteiger partial charge is 0.464 e. The van der Waals surface area contributed by atoms with Crippen LogP contribution in [-0.4, -0.2) is 63.1 Å². The Bertz CT molecular complexity index is 611. The minimum Gasteiger partial charge on any atom is -0.464 e. The zero-order valence-electron chi connectivity index (χ0n) is 18.8. The number of carbonyl (C=O) groups is 1. The first-order valence-corrected chi connectivity index (χ1v) is 17.7. The summed E-state index contributed by atoms with van der Waals surface area (Å²) in [5.41, 5.74) is 0.0381. The lowest BCUT2D eigenvalue weighted by Crippen LogP contribution is -2.38. The van der Waals surface area contributed by atoms with Gasteiger partial charge in [0, 0.05) is 32.7 Å². The van der Waals surface area contributed by atoms with Gasteiger partial charge in [0.15, 0.2) is 25.2 Å². The van der Waals surface area contributed by atoms with Crippen LogP contribution >= 0.6 is 0 Å². The first kappa shape index (κ1) is 25.2. The molecule has 0 N–H and O–H groups in total. The van der Waals surface area contributed by atoms with Crippen LogP contribution in [0, 0.1) is 5.41 Å². The summed E-state index contributed by atoms with van der Waals surface area (Å²) in [7, 11) is -0.980. The van der Waals surface area contributed by atoms with Crippen molar-refractivity contribution in [2.75, 3.05) is 13.7 Å². The summed E-state index contributed by atoms with van der Waals surface area (Å²) in [6, 6.07) is 1.10. The second kappa shape index (κ2) is 11.4. The molecule has 0 aromatic carbocycles. The standard InChI is InChI=1S/C18H38N2O5Si3/c1-18(2,17(24-26-4)25-27-5)11-15-19-14(16(21)22-3)12-20(15)13-23-9-10-28(6,7)8/h12,17H,9-11,13,26-27H2,1-8H3. The van der Waals surface area contributed by atoms with Crippen LogP contribution in [0.15, 0.2) is 6.20 Å². The van der Waals surface area contributed by atoms with Crippen molar-refractivity contribution in [3.05, 3.63) is 17.7 Å². The van der Waals surface area contributed by atoms with Gasteiger partial charge in [0.2, 0.25) is 0 Å². The summed E-state index contributed by atoms with van der Waals surface area (Å²) in [6.07, 6.45) is 2.10. The van der Waals surface area contributed by atoms with Crippen molar-refractivity contribution in [1.29, 1.82) is 0 Å². The third-order valence-electron chi connectivity index (χ3n) is 4.37. The maximum atomic E-state index is 12.0. The summed E-state index contributed by atoms with van der Waals surface area (Å²) in [5, 5.41) is 0. The van der Waals surface area contributed by atoms with Crippen molar-refractivity contribution in [2.45, 2.75) is 72.1 Å². The Labute approximate surface area is 175 Å². The molecule has 0 amide bonds. The van der Waals surface area contributed by atoms with Gasteiger partial charge in [-0.3, -0.25) is 0 Å². The summed E-state index contributed by atoms with van der Waals surface area (Å²) >= 11 is 0. The van der Waals surface area contributed by atoms with Gasteiger partial charge in [0.05, 0.1) is 7.11 Å². The predicted octanol–water partition coefficient (Wildman–Crippen LogP) is 2.17. The summed E-state index contributed by atoms with van der Waals surface area (Å²) in [4.78, 5) is 16.5. The van der Waals surface area contributed by atoms with E-state index in [1.807, 2.05) is 4.57 Å². The molecule has 0 aliphatic carbocycles. The van der Waals surface area contributed by atoms with Gasteiger partial charge in [0.25, 0.3) is 0 Å². The molecule has 7 nitrogen and oxygen atoms in total. The second-order valence-electron chi connectivity index (χ2n) is 8.76. The van der Waals surface area contributed by atoms with Crippen LogP contribution in [0.1, 0.15) is 30.2 Å². The summed E-state index contributed by atoms with van der Waals surface area (Å²) in [6.45, 7) is 16.5. The molecule has 0 bridgehead atoms. The Kier molecular flexibility index (Phi) is 10.3. The molecule has 0 spiro atoms. The molecule has 10 heteroatoms. The van der Waals surface area contributed by atoms with Crippen LogP contribution in [-0.2, 0) is 31.5 Å². The molecular weight excluding hydrogens is 408 g/mol. The average Bonchev–Trinajstić information content (AvgIpc) is 2.99. The van der Waals surface area contributed by atoms with E-state index in [0.717, 1.165) is 11.9 Å². The van der Waals surface area contributed by atoms with Crippen molar-refractivity contribution in [3.63, 3.8) is 0 Å². The molecule has 0 unspecified atom stereocenters. The molecule has 0 aliphatic rings. The Morgan fingerprint density at radius 1 is 1.25 bits per heavy atom. The van der Waals surface area contributed by atoms with Gasteiger partial charge in [-0.15, -0.1) is 0 Å². The van der Waals surface area contributed by atoms with Gasteiger partial charge in [-0.2, -0.15) is 0 Å². The maximum absolute atomic E-state index is 12.0. The fraction of sp³-hybridized carbons (Fsp3) is 0.778. The van der Waals surface area contributed by atoms with E-state index in [1.165, 1.54) is 7.11 Å². The number of hydrogen-bond donors (Lipinski definition) is 0. The SMILES string of the molecule is COC(=O)c1cn(COCC[Si](C)(C)C)c(CC(C)(C)C(O[SiH2]C)O[SiH2]C)n1. The smallest absolute Gasteiger partial charge is 0.358 e. The molecular formula is C18H38N2O5Si3. The van der Waals surface area contributed by atoms with Gasteiger partial charge >= 0.3 is 5.97 Å². The van der Waals surface area contributed by atoms with Crippen molar-refractivity contribution >= 4 is 33.6 Å². The number of methoxy groups -OCH3 is 1. The fourth-order valence-corrected chi connectivity index (χ4v) is 5.39. The molecule has 0 fully saturated rings. The molecule has 1 aromatic rings. The minimum absolute atomic E-state index is 0.236. The van der Waals surface area contributed by atoms with E-state index in [2.05, 4.69) is 51.6 Å². The third-order valence-corrected chi connectivity index (χ3v) is 7.34. The molecule has 162 valence electrons. The molecule has 1 heterocycles.